The monoisotopic (exact) mass is 1020 g/mol. The van der Waals surface area contributed by atoms with E-state index in [1.165, 1.54) is 148 Å². The molecule has 71 heavy (non-hydrogen) atoms. The second-order valence-corrected chi connectivity index (χ2v) is 21.1. The highest BCUT2D eigenvalue weighted by molar-refractivity contribution is 5.80. The molecule has 422 valence electrons. The van der Waals surface area contributed by atoms with Crippen LogP contribution >= 0.6 is 0 Å². The zero-order valence-corrected chi connectivity index (χ0v) is 44.5. The molecule has 0 aromatic rings. The third kappa shape index (κ3) is 28.0. The third-order valence-electron chi connectivity index (χ3n) is 14.8. The highest BCUT2D eigenvalue weighted by Crippen LogP contribution is 2.30. The van der Waals surface area contributed by atoms with Crippen molar-refractivity contribution >= 4 is 5.91 Å². The first kappa shape index (κ1) is 66.0. The molecule has 11 N–H and O–H groups in total. The van der Waals surface area contributed by atoms with Crippen molar-refractivity contribution in [1.82, 2.24) is 5.32 Å². The molecule has 0 aromatic carbocycles. The molecule has 2 rings (SSSR count). The lowest BCUT2D eigenvalue weighted by atomic mass is 9.97. The van der Waals surface area contributed by atoms with Gasteiger partial charge in [-0.2, -0.15) is 0 Å². The van der Waals surface area contributed by atoms with E-state index in [1.807, 2.05) is 0 Å². The Kier molecular flexibility index (Phi) is 39.1. The fraction of sp³-hybridized carbons (Fsp3) is 0.982. The van der Waals surface area contributed by atoms with Crippen LogP contribution in [0.15, 0.2) is 0 Å². The van der Waals surface area contributed by atoms with Gasteiger partial charge in [-0.3, -0.25) is 4.79 Å². The number of carbonyl (C=O) groups excluding carboxylic acids is 1. The predicted molar refractivity (Wildman–Crippen MR) is 275 cm³/mol. The summed E-state index contributed by atoms with van der Waals surface area (Å²) < 4.78 is 22.9. The van der Waals surface area contributed by atoms with Gasteiger partial charge < -0.3 is 75.3 Å². The Labute approximate surface area is 429 Å². The molecule has 16 nitrogen and oxygen atoms in total. The van der Waals surface area contributed by atoms with Crippen molar-refractivity contribution in [2.24, 2.45) is 0 Å². The van der Waals surface area contributed by atoms with E-state index in [1.54, 1.807) is 0 Å². The summed E-state index contributed by atoms with van der Waals surface area (Å²) in [7, 11) is 0. The van der Waals surface area contributed by atoms with Crippen LogP contribution in [0, 0.1) is 0 Å². The number of unbranched alkanes of at least 4 members (excludes halogenated alkanes) is 31. The molecule has 2 heterocycles. The number of rotatable bonds is 46. The van der Waals surface area contributed by atoms with Gasteiger partial charge in [0.25, 0.3) is 0 Å². The molecule has 0 saturated carbocycles. The SMILES string of the molecule is CCCCCCCCCCCCCCCCCCCCC[C@@H](O)C(=O)N[C@@H](CO[C@H]1O[C@H](CO)[C@H](O)[C@H](O)[C@H]1OC1O[C@H](CO)[C@H](O)[C@H](O)[C@H]1O)[C@H](O)[C@H](O)CCCCCCCCCCCCCCCC. The first-order valence-electron chi connectivity index (χ1n) is 29.0. The molecule has 0 radical (unpaired) electrons. The van der Waals surface area contributed by atoms with E-state index >= 15 is 0 Å². The van der Waals surface area contributed by atoms with E-state index in [-0.39, 0.29) is 12.8 Å². The van der Waals surface area contributed by atoms with Gasteiger partial charge in [0.2, 0.25) is 5.91 Å². The van der Waals surface area contributed by atoms with Gasteiger partial charge in [-0.05, 0) is 12.8 Å². The van der Waals surface area contributed by atoms with Crippen molar-refractivity contribution in [3.05, 3.63) is 0 Å². The van der Waals surface area contributed by atoms with Crippen molar-refractivity contribution in [3.63, 3.8) is 0 Å². The zero-order valence-electron chi connectivity index (χ0n) is 44.5. The quantitative estimate of drug-likeness (QED) is 0.0277. The average Bonchev–Trinajstić information content (AvgIpc) is 3.37. The molecule has 0 spiro atoms. The molecule has 14 atom stereocenters. The fourth-order valence-electron chi connectivity index (χ4n) is 9.91. The first-order chi connectivity index (χ1) is 34.4. The van der Waals surface area contributed by atoms with Gasteiger partial charge in [0.1, 0.15) is 61.0 Å². The highest BCUT2D eigenvalue weighted by Gasteiger charge is 2.51. The van der Waals surface area contributed by atoms with Gasteiger partial charge in [-0.1, -0.05) is 226 Å². The number of aliphatic hydroxyl groups excluding tert-OH is 10. The molecule has 2 aliphatic heterocycles. The van der Waals surface area contributed by atoms with E-state index in [0.717, 1.165) is 51.4 Å². The van der Waals surface area contributed by atoms with Crippen LogP contribution in [0.3, 0.4) is 0 Å². The molecule has 2 aliphatic rings. The van der Waals surface area contributed by atoms with Gasteiger partial charge in [0.05, 0.1) is 32.0 Å². The van der Waals surface area contributed by atoms with Gasteiger partial charge in [0.15, 0.2) is 12.6 Å². The Hall–Kier alpha value is -1.09. The molecule has 2 saturated heterocycles. The molecule has 1 unspecified atom stereocenters. The molecule has 16 heteroatoms. The lowest BCUT2D eigenvalue weighted by Gasteiger charge is -2.46. The van der Waals surface area contributed by atoms with Crippen LogP contribution in [0.25, 0.3) is 0 Å². The van der Waals surface area contributed by atoms with Crippen molar-refractivity contribution in [1.29, 1.82) is 0 Å². The van der Waals surface area contributed by atoms with Crippen molar-refractivity contribution < 1.29 is 74.8 Å². The van der Waals surface area contributed by atoms with Crippen molar-refractivity contribution in [3.8, 4) is 0 Å². The molecule has 0 aromatic heterocycles. The number of hydrogen-bond donors (Lipinski definition) is 11. The maximum atomic E-state index is 13.4. The summed E-state index contributed by atoms with van der Waals surface area (Å²) in [5, 5.41) is 109. The van der Waals surface area contributed by atoms with Crippen LogP contribution < -0.4 is 5.32 Å². The largest absolute Gasteiger partial charge is 0.394 e. The van der Waals surface area contributed by atoms with Crippen LogP contribution in [0.4, 0.5) is 0 Å². The summed E-state index contributed by atoms with van der Waals surface area (Å²) in [5.74, 6) is -0.772. The lowest BCUT2D eigenvalue weighted by molar-refractivity contribution is -0.368. The summed E-state index contributed by atoms with van der Waals surface area (Å²) in [6.07, 6.45) is 19.1. The summed E-state index contributed by atoms with van der Waals surface area (Å²) >= 11 is 0. The van der Waals surface area contributed by atoms with E-state index in [0.29, 0.717) is 12.8 Å². The Balaban J connectivity index is 1.90. The number of hydrogen-bond acceptors (Lipinski definition) is 15. The minimum atomic E-state index is -1.87. The van der Waals surface area contributed by atoms with Crippen LogP contribution in [0.1, 0.15) is 239 Å². The van der Waals surface area contributed by atoms with Crippen LogP contribution in [0.5, 0.6) is 0 Å². The Bertz CT molecular complexity index is 1240. The Morgan fingerprint density at radius 2 is 0.817 bits per heavy atom. The average molecular weight is 1020 g/mol. The van der Waals surface area contributed by atoms with Crippen molar-refractivity contribution in [2.45, 2.75) is 324 Å². The molecular formula is C55H107NO15. The molecule has 1 amide bonds. The molecular weight excluding hydrogens is 915 g/mol. The standard InChI is InChI=1S/C55H107NO15/c1-3-5-7-9-11-13-15-17-19-20-21-22-23-25-27-29-31-33-35-37-43(60)53(67)56-41(46(61)42(59)36-34-32-30-28-26-24-18-16-14-12-10-8-6-4-2)40-68-55-52(50(65)48(63)45(39-58)70-55)71-54-51(66)49(64)47(62)44(38-57)69-54/h41-52,54-55,57-66H,3-40H2,1-2H3,(H,56,67)/t41-,42+,43+,44+,45+,46-,47-,48-,49-,50-,51+,52+,54?,55-/m0/s1. The highest BCUT2D eigenvalue weighted by atomic mass is 16.8. The first-order valence-corrected chi connectivity index (χ1v) is 29.0. The summed E-state index contributed by atoms with van der Waals surface area (Å²) in [6.45, 7) is 2.42. The maximum absolute atomic E-state index is 13.4. The van der Waals surface area contributed by atoms with E-state index < -0.39 is 111 Å². The third-order valence-corrected chi connectivity index (χ3v) is 14.8. The number of aliphatic hydroxyl groups is 10. The number of amides is 1. The topological polar surface area (TPSA) is 268 Å². The Morgan fingerprint density at radius 1 is 0.465 bits per heavy atom. The molecule has 0 aliphatic carbocycles. The smallest absolute Gasteiger partial charge is 0.249 e. The second-order valence-electron chi connectivity index (χ2n) is 21.1. The second kappa shape index (κ2) is 42.1. The molecule has 2 fully saturated rings. The van der Waals surface area contributed by atoms with Gasteiger partial charge in [-0.25, -0.2) is 0 Å². The number of carbonyl (C=O) groups is 1. The minimum Gasteiger partial charge on any atom is -0.394 e. The molecule has 0 bridgehead atoms. The van der Waals surface area contributed by atoms with E-state index in [4.69, 9.17) is 18.9 Å². The van der Waals surface area contributed by atoms with Gasteiger partial charge >= 0.3 is 0 Å². The summed E-state index contributed by atoms with van der Waals surface area (Å²) in [5.41, 5.74) is 0. The fourth-order valence-corrected chi connectivity index (χ4v) is 9.91. The Morgan fingerprint density at radius 3 is 1.21 bits per heavy atom. The van der Waals surface area contributed by atoms with Crippen molar-refractivity contribution in [2.75, 3.05) is 19.8 Å². The van der Waals surface area contributed by atoms with Crippen LogP contribution in [0.2, 0.25) is 0 Å². The predicted octanol–water partition coefficient (Wildman–Crippen LogP) is 6.89. The number of nitrogens with one attached hydrogen (secondary N) is 1. The zero-order chi connectivity index (χ0) is 52.1. The minimum absolute atomic E-state index is 0.193. The maximum Gasteiger partial charge on any atom is 0.249 e. The number of ether oxygens (including phenoxy) is 4. The van der Waals surface area contributed by atoms with E-state index in [9.17, 15) is 55.9 Å². The normalized spacial score (nSPS) is 26.6. The lowest BCUT2D eigenvalue weighted by Crippen LogP contribution is -2.65. The van der Waals surface area contributed by atoms with Gasteiger partial charge in [0, 0.05) is 0 Å². The van der Waals surface area contributed by atoms with Crippen LogP contribution in [-0.4, -0.2) is 163 Å². The van der Waals surface area contributed by atoms with Crippen LogP contribution in [-0.2, 0) is 23.7 Å². The van der Waals surface area contributed by atoms with Gasteiger partial charge in [-0.15, -0.1) is 0 Å². The summed E-state index contributed by atoms with van der Waals surface area (Å²) in [6, 6.07) is -1.31. The van der Waals surface area contributed by atoms with E-state index in [2.05, 4.69) is 19.2 Å². The summed E-state index contributed by atoms with van der Waals surface area (Å²) in [4.78, 5) is 13.4.